The summed E-state index contributed by atoms with van der Waals surface area (Å²) in [5.74, 6) is -0.0334. The first-order chi connectivity index (χ1) is 18.4. The lowest BCUT2D eigenvalue weighted by Gasteiger charge is -2.22. The van der Waals surface area contributed by atoms with Gasteiger partial charge >= 0.3 is 6.03 Å². The highest BCUT2D eigenvalue weighted by Gasteiger charge is 2.23. The maximum Gasteiger partial charge on any atom is 0.323 e. The fourth-order valence-corrected chi connectivity index (χ4v) is 4.84. The van der Waals surface area contributed by atoms with E-state index >= 15 is 4.39 Å². The number of nitrogen functional groups attached to an aromatic ring is 1. The number of aryl methyl sites for hydroxylation is 1. The number of fused-ring (bicyclic) bond motifs is 1. The first kappa shape index (κ1) is 25.3. The second kappa shape index (κ2) is 10.6. The normalized spacial score (nSPS) is 15.4. The standard InChI is InChI=1S/C28H29F2N7O/c1-3-24-36-25(26-27(31)33-15-23(37(24)26)16-7-9-18(32-2)10-8-16)21-12-11-20(14-22(21)30)35-28(38)34-19-6-4-5-17(29)13-19/h4-7,11-15,18,32H,3,8-10H2,1-2H3,(H2,31,33)(H2,34,35,38). The number of imidazole rings is 1. The fourth-order valence-electron chi connectivity index (χ4n) is 4.84. The minimum atomic E-state index is -0.622. The molecule has 2 aromatic heterocycles. The van der Waals surface area contributed by atoms with Crippen molar-refractivity contribution in [1.82, 2.24) is 19.7 Å². The minimum Gasteiger partial charge on any atom is -0.382 e. The molecule has 1 aliphatic carbocycles. The summed E-state index contributed by atoms with van der Waals surface area (Å²) in [4.78, 5) is 21.5. The Bertz CT molecular complexity index is 1550. The van der Waals surface area contributed by atoms with E-state index < -0.39 is 17.7 Å². The lowest BCUT2D eigenvalue weighted by Crippen LogP contribution is -2.26. The number of hydrogen-bond acceptors (Lipinski definition) is 5. The number of allylic oxidation sites excluding steroid dienone is 1. The Hall–Kier alpha value is -4.31. The number of carbonyl (C=O) groups is 1. The maximum atomic E-state index is 15.4. The highest BCUT2D eigenvalue weighted by molar-refractivity contribution is 6.00. The number of benzene rings is 2. The molecule has 2 aromatic carbocycles. The number of nitrogens with two attached hydrogens (primary N) is 1. The van der Waals surface area contributed by atoms with Crippen molar-refractivity contribution in [2.45, 2.75) is 38.6 Å². The molecule has 0 radical (unpaired) electrons. The summed E-state index contributed by atoms with van der Waals surface area (Å²) in [6.45, 7) is 1.99. The van der Waals surface area contributed by atoms with Gasteiger partial charge in [-0.25, -0.2) is 23.5 Å². The molecule has 1 unspecified atom stereocenters. The highest BCUT2D eigenvalue weighted by atomic mass is 19.1. The van der Waals surface area contributed by atoms with Gasteiger partial charge in [0.25, 0.3) is 0 Å². The maximum absolute atomic E-state index is 15.4. The number of rotatable bonds is 6. The Balaban J connectivity index is 1.48. The predicted octanol–water partition coefficient (Wildman–Crippen LogP) is 5.62. The van der Waals surface area contributed by atoms with Crippen LogP contribution in [-0.4, -0.2) is 33.5 Å². The molecule has 4 aromatic rings. The second-order valence-electron chi connectivity index (χ2n) is 9.22. The van der Waals surface area contributed by atoms with Gasteiger partial charge in [0, 0.05) is 29.4 Å². The zero-order valence-corrected chi connectivity index (χ0v) is 21.2. The van der Waals surface area contributed by atoms with Crippen LogP contribution in [0.25, 0.3) is 22.3 Å². The molecule has 1 aliphatic rings. The molecule has 10 heteroatoms. The van der Waals surface area contributed by atoms with Crippen LogP contribution in [0.4, 0.5) is 30.8 Å². The summed E-state index contributed by atoms with van der Waals surface area (Å²) in [6, 6.07) is 9.66. The van der Waals surface area contributed by atoms with Gasteiger partial charge in [0.05, 0.1) is 11.9 Å². The molecule has 0 saturated heterocycles. The number of nitrogens with zero attached hydrogens (tertiary/aromatic N) is 3. The Morgan fingerprint density at radius 3 is 2.61 bits per heavy atom. The van der Waals surface area contributed by atoms with Crippen molar-refractivity contribution in [1.29, 1.82) is 0 Å². The summed E-state index contributed by atoms with van der Waals surface area (Å²) < 4.78 is 30.8. The van der Waals surface area contributed by atoms with Crippen molar-refractivity contribution in [2.24, 2.45) is 0 Å². The zero-order valence-electron chi connectivity index (χ0n) is 21.2. The van der Waals surface area contributed by atoms with Gasteiger partial charge in [0.1, 0.15) is 34.5 Å². The Kier molecular flexibility index (Phi) is 7.06. The van der Waals surface area contributed by atoms with Crippen molar-refractivity contribution in [3.63, 3.8) is 0 Å². The summed E-state index contributed by atoms with van der Waals surface area (Å²) in [6.07, 6.45) is 7.40. The predicted molar refractivity (Wildman–Crippen MR) is 146 cm³/mol. The monoisotopic (exact) mass is 517 g/mol. The summed E-state index contributed by atoms with van der Waals surface area (Å²) in [5.41, 5.74) is 10.1. The molecule has 5 rings (SSSR count). The number of halogens is 2. The van der Waals surface area contributed by atoms with Gasteiger partial charge in [0.2, 0.25) is 0 Å². The molecule has 0 fully saturated rings. The summed E-state index contributed by atoms with van der Waals surface area (Å²) in [7, 11) is 1.97. The average Bonchev–Trinajstić information content (AvgIpc) is 3.29. The van der Waals surface area contributed by atoms with E-state index in [-0.39, 0.29) is 22.8 Å². The summed E-state index contributed by atoms with van der Waals surface area (Å²) >= 11 is 0. The molecule has 0 saturated carbocycles. The van der Waals surface area contributed by atoms with Gasteiger partial charge < -0.3 is 21.7 Å². The van der Waals surface area contributed by atoms with E-state index in [1.54, 1.807) is 24.4 Å². The van der Waals surface area contributed by atoms with Gasteiger partial charge in [-0.15, -0.1) is 0 Å². The second-order valence-corrected chi connectivity index (χ2v) is 9.22. The van der Waals surface area contributed by atoms with Crippen LogP contribution in [-0.2, 0) is 6.42 Å². The first-order valence-electron chi connectivity index (χ1n) is 12.5. The first-order valence-corrected chi connectivity index (χ1v) is 12.5. The van der Waals surface area contributed by atoms with Crippen molar-refractivity contribution < 1.29 is 13.6 Å². The molecule has 5 N–H and O–H groups in total. The quantitative estimate of drug-likeness (QED) is 0.266. The molecule has 1 atom stereocenters. The van der Waals surface area contributed by atoms with E-state index in [1.165, 1.54) is 24.3 Å². The van der Waals surface area contributed by atoms with Crippen LogP contribution in [0.1, 0.15) is 37.7 Å². The third-order valence-electron chi connectivity index (χ3n) is 6.79. The van der Waals surface area contributed by atoms with Crippen molar-refractivity contribution in [3.05, 3.63) is 77.9 Å². The average molecular weight is 518 g/mol. The van der Waals surface area contributed by atoms with Crippen LogP contribution in [0.5, 0.6) is 0 Å². The third-order valence-corrected chi connectivity index (χ3v) is 6.79. The van der Waals surface area contributed by atoms with Crippen LogP contribution in [0.15, 0.2) is 54.7 Å². The van der Waals surface area contributed by atoms with E-state index in [0.717, 1.165) is 36.4 Å². The van der Waals surface area contributed by atoms with Gasteiger partial charge in [-0.3, -0.25) is 4.40 Å². The topological polar surface area (TPSA) is 109 Å². The molecule has 0 bridgehead atoms. The van der Waals surface area contributed by atoms with Crippen LogP contribution in [0.2, 0.25) is 0 Å². The van der Waals surface area contributed by atoms with Gasteiger partial charge in [-0.2, -0.15) is 0 Å². The number of carbonyl (C=O) groups excluding carboxylic acids is 1. The van der Waals surface area contributed by atoms with E-state index in [4.69, 9.17) is 10.7 Å². The van der Waals surface area contributed by atoms with Crippen molar-refractivity contribution in [2.75, 3.05) is 23.4 Å². The van der Waals surface area contributed by atoms with Crippen LogP contribution >= 0.6 is 0 Å². The molecule has 8 nitrogen and oxygen atoms in total. The largest absolute Gasteiger partial charge is 0.382 e. The molecule has 2 amide bonds. The molecule has 0 spiro atoms. The van der Waals surface area contributed by atoms with E-state index in [2.05, 4.69) is 27.0 Å². The number of anilines is 3. The highest BCUT2D eigenvalue weighted by Crippen LogP contribution is 2.35. The van der Waals surface area contributed by atoms with Gasteiger partial charge in [0.15, 0.2) is 0 Å². The summed E-state index contributed by atoms with van der Waals surface area (Å²) in [5, 5.41) is 8.41. The van der Waals surface area contributed by atoms with E-state index in [1.807, 2.05) is 18.4 Å². The third kappa shape index (κ3) is 4.95. The number of nitrogens with one attached hydrogen (secondary N) is 3. The smallest absolute Gasteiger partial charge is 0.323 e. The van der Waals surface area contributed by atoms with Crippen LogP contribution in [0, 0.1) is 11.6 Å². The molecular weight excluding hydrogens is 488 g/mol. The zero-order chi connectivity index (χ0) is 26.8. The lowest BCUT2D eigenvalue weighted by molar-refractivity contribution is 0.262. The number of amides is 2. The number of urea groups is 1. The molecule has 38 heavy (non-hydrogen) atoms. The SMILES string of the molecule is CCc1nc(-c2ccc(NC(=O)Nc3cccc(F)c3)cc2F)c2c(N)ncc(C3=CCC(NC)CC3)n12. The van der Waals surface area contributed by atoms with Gasteiger partial charge in [-0.1, -0.05) is 19.1 Å². The van der Waals surface area contributed by atoms with Crippen molar-refractivity contribution in [3.8, 4) is 11.3 Å². The Morgan fingerprint density at radius 2 is 1.95 bits per heavy atom. The van der Waals surface area contributed by atoms with Crippen molar-refractivity contribution >= 4 is 34.3 Å². The Morgan fingerprint density at radius 1 is 1.16 bits per heavy atom. The molecule has 2 heterocycles. The molecular formula is C28H29F2N7O. The van der Waals surface area contributed by atoms with E-state index in [0.29, 0.717) is 23.7 Å². The Labute approximate surface area is 219 Å². The molecule has 196 valence electrons. The fraction of sp³-hybridized carbons (Fsp3) is 0.250. The number of aromatic nitrogens is 3. The van der Waals surface area contributed by atoms with Crippen LogP contribution < -0.4 is 21.7 Å². The van der Waals surface area contributed by atoms with E-state index in [9.17, 15) is 9.18 Å². The minimum absolute atomic E-state index is 0.234. The number of hydrogen-bond donors (Lipinski definition) is 4. The van der Waals surface area contributed by atoms with Crippen LogP contribution in [0.3, 0.4) is 0 Å². The molecule has 0 aliphatic heterocycles. The van der Waals surface area contributed by atoms with Gasteiger partial charge in [-0.05, 0) is 68.3 Å². The lowest BCUT2D eigenvalue weighted by atomic mass is 9.93.